The van der Waals surface area contributed by atoms with Crippen LogP contribution in [-0.4, -0.2) is 152 Å². The van der Waals surface area contributed by atoms with Crippen LogP contribution in [0, 0.1) is 27.9 Å². The van der Waals surface area contributed by atoms with Gasteiger partial charge >= 0.3 is 24.9 Å². The molecule has 0 spiro atoms. The summed E-state index contributed by atoms with van der Waals surface area (Å²) >= 11 is 0. The Labute approximate surface area is 436 Å². The van der Waals surface area contributed by atoms with E-state index < -0.39 is 131 Å². The number of benzene rings is 2. The molecule has 1 aromatic heterocycles. The second kappa shape index (κ2) is 22.7. The molecule has 7 heterocycles. The van der Waals surface area contributed by atoms with E-state index >= 15 is 17.6 Å². The molecule has 2 unspecified atom stereocenters. The summed E-state index contributed by atoms with van der Waals surface area (Å²) in [7, 11) is 1.74. The van der Waals surface area contributed by atoms with Crippen LogP contribution in [0.3, 0.4) is 0 Å². The van der Waals surface area contributed by atoms with Crippen LogP contribution in [0.1, 0.15) is 56.4 Å². The fourth-order valence-electron chi connectivity index (χ4n) is 9.86. The number of piperazine rings is 1. The highest BCUT2D eigenvalue weighted by Gasteiger charge is 2.59. The van der Waals surface area contributed by atoms with Gasteiger partial charge in [-0.1, -0.05) is 38.1 Å². The second-order valence-corrected chi connectivity index (χ2v) is 20.4. The van der Waals surface area contributed by atoms with Crippen molar-refractivity contribution in [3.05, 3.63) is 94.8 Å². The van der Waals surface area contributed by atoms with Crippen LogP contribution in [-0.2, 0) is 42.7 Å². The van der Waals surface area contributed by atoms with Gasteiger partial charge in [0.15, 0.2) is 0 Å². The fourth-order valence-corrected chi connectivity index (χ4v) is 9.86. The Morgan fingerprint density at radius 2 is 1.57 bits per heavy atom. The van der Waals surface area contributed by atoms with Gasteiger partial charge in [0.2, 0.25) is 5.91 Å². The van der Waals surface area contributed by atoms with Crippen LogP contribution < -0.4 is 31.6 Å². The average molecular weight is 1100 g/mol. The Morgan fingerprint density at radius 1 is 0.948 bits per heavy atom. The third-order valence-electron chi connectivity index (χ3n) is 14.7. The molecule has 6 bridgehead atoms. The number of methoxy groups -OCH3 is 2. The topological polar surface area (TPSA) is 223 Å². The maximum absolute atomic E-state index is 18.2. The number of amides is 4. The Kier molecular flexibility index (Phi) is 17.1. The van der Waals surface area contributed by atoms with E-state index in [-0.39, 0.29) is 35.1 Å². The van der Waals surface area contributed by atoms with E-state index in [0.29, 0.717) is 69.1 Å². The number of hydrogen-bond donors (Lipinski definition) is 7. The van der Waals surface area contributed by atoms with Crippen molar-refractivity contribution in [1.29, 1.82) is 5.41 Å². The average Bonchev–Trinajstić information content (AvgIpc) is 3.46. The number of aliphatic hydroxyl groups excluding tert-OH is 1. The number of allylic oxidation sites excluding steroid dienone is 1. The van der Waals surface area contributed by atoms with Crippen molar-refractivity contribution in [3.63, 3.8) is 0 Å². The van der Waals surface area contributed by atoms with E-state index in [1.807, 2.05) is 5.32 Å². The van der Waals surface area contributed by atoms with Gasteiger partial charge in [-0.3, -0.25) is 19.9 Å². The smallest absolute Gasteiger partial charge is 0.407 e. The number of aromatic nitrogens is 1. The van der Waals surface area contributed by atoms with Gasteiger partial charge in [-0.25, -0.2) is 37.1 Å². The van der Waals surface area contributed by atoms with Gasteiger partial charge in [0.25, 0.3) is 11.8 Å². The molecule has 6 aliphatic rings. The zero-order valence-corrected chi connectivity index (χ0v) is 42.5. The van der Waals surface area contributed by atoms with E-state index in [9.17, 15) is 46.2 Å². The van der Waals surface area contributed by atoms with Gasteiger partial charge in [0.1, 0.15) is 29.5 Å². The summed E-state index contributed by atoms with van der Waals surface area (Å²) in [6.07, 6.45) is -6.80. The van der Waals surface area contributed by atoms with Crippen LogP contribution in [0.15, 0.2) is 60.9 Å². The number of nitrogens with one attached hydrogen (secondary N) is 6. The lowest BCUT2D eigenvalue weighted by atomic mass is 9.74. The molecule has 7 N–H and O–H groups in total. The molecule has 18 nitrogen and oxygen atoms in total. The van der Waals surface area contributed by atoms with Crippen molar-refractivity contribution in [1.82, 2.24) is 41.6 Å². The molecular formula is C50H59F9N10O8. The largest absolute Gasteiger partial charge is 0.453 e. The standard InChI is InChI=1S/C50H59F9N10O8/c1-47(2)40(65-46(74)76-6)43(72)66-68(21-32-34(51)15-27(16-35(32)52)36(60)11-12-61-44(53)54)22-38(70)37(63-42(71)39(64-45(73)75-5)48(3,4)50(57,58)59)13-25-7-9-26(10-8-25)28-14-33(49(47,55)56)41(62-18-28)67-19-29-17-30(20-67)69(29)31-23-77-24-31/h7-12,14-16,18,29-31,37-40,44,60-61,70H,13,17,19-24H2,1-6H3,(H,63,71)(H,64,73)(H,65,74)(H,66,72)/b12-11-,60-36?/t29?,30?,37-,38-,39+,40+/m0/s1. The number of hydrogen-bond acceptors (Lipinski definition) is 14. The number of hydrazine groups is 1. The summed E-state index contributed by atoms with van der Waals surface area (Å²) in [5.41, 5.74) is -5.26. The summed E-state index contributed by atoms with van der Waals surface area (Å²) < 4.78 is 152. The molecule has 27 heteroatoms. The van der Waals surface area contributed by atoms with E-state index in [1.165, 1.54) is 36.5 Å². The van der Waals surface area contributed by atoms with Crippen molar-refractivity contribution in [2.75, 3.05) is 52.0 Å². The quantitative estimate of drug-likeness (QED) is 0.0642. The number of fused-ring (bicyclic) bond motifs is 13. The van der Waals surface area contributed by atoms with Gasteiger partial charge in [0, 0.05) is 67.3 Å². The molecule has 4 amide bonds. The van der Waals surface area contributed by atoms with Gasteiger partial charge < -0.3 is 50.9 Å². The highest BCUT2D eigenvalue weighted by Crippen LogP contribution is 2.51. The number of piperidine rings is 1. The van der Waals surface area contributed by atoms with Crippen LogP contribution in [0.2, 0.25) is 0 Å². The summed E-state index contributed by atoms with van der Waals surface area (Å²) in [5, 5.41) is 28.9. The predicted octanol–water partition coefficient (Wildman–Crippen LogP) is 5.47. The van der Waals surface area contributed by atoms with Gasteiger partial charge in [-0.2, -0.15) is 22.0 Å². The molecule has 4 saturated heterocycles. The minimum absolute atomic E-state index is 0.00803. The normalized spacial score (nSPS) is 23.5. The maximum Gasteiger partial charge on any atom is 0.407 e. The van der Waals surface area contributed by atoms with Crippen molar-refractivity contribution in [3.8, 4) is 11.1 Å². The number of rotatable bonds is 13. The Bertz CT molecular complexity index is 2690. The first-order chi connectivity index (χ1) is 36.1. The third-order valence-corrected chi connectivity index (χ3v) is 14.7. The first kappa shape index (κ1) is 58.0. The number of carbonyl (C=O) groups excluding carboxylic acids is 4. The van der Waals surface area contributed by atoms with Gasteiger partial charge in [-0.15, -0.1) is 0 Å². The van der Waals surface area contributed by atoms with Crippen molar-refractivity contribution >= 4 is 35.5 Å². The minimum atomic E-state index is -5.14. The first-order valence-electron chi connectivity index (χ1n) is 24.2. The molecule has 0 radical (unpaired) electrons. The number of halogens is 9. The first-order valence-corrected chi connectivity index (χ1v) is 24.2. The number of pyridine rings is 1. The van der Waals surface area contributed by atoms with E-state index in [2.05, 4.69) is 30.7 Å². The van der Waals surface area contributed by atoms with Crippen molar-refractivity contribution in [2.24, 2.45) is 10.8 Å². The number of nitrogens with zero attached hydrogens (tertiary/aromatic N) is 4. The SMILES string of the molecule is COC(=O)N[C@H](C(=O)N[C@H]1Cc2ccc(cc2)-c2cnc(N3CC4CC(C3)N4C3COC3)c(c2)C(F)(F)C(C)(C)[C@H](NC(=O)OC)C(=O)NN(Cc2c(F)cc(C(=N)/C=C\NC(F)F)cc2F)C[C@@H]1O)C(C)(C)C(F)(F)F. The van der Waals surface area contributed by atoms with Gasteiger partial charge in [-0.05, 0) is 62.1 Å². The predicted molar refractivity (Wildman–Crippen MR) is 258 cm³/mol. The molecule has 6 aliphatic heterocycles. The Morgan fingerprint density at radius 3 is 2.13 bits per heavy atom. The zero-order chi connectivity index (χ0) is 56.5. The Hall–Kier alpha value is -6.71. The number of aliphatic hydroxyl groups is 1. The van der Waals surface area contributed by atoms with Crippen LogP contribution in [0.4, 0.5) is 54.9 Å². The summed E-state index contributed by atoms with van der Waals surface area (Å²) in [6, 6.07) is 2.19. The number of carbonyl (C=O) groups is 4. The number of alkyl carbamates (subject to hydrolysis) is 2. The molecule has 420 valence electrons. The third kappa shape index (κ3) is 12.2. The molecule has 2 aromatic carbocycles. The second-order valence-electron chi connectivity index (χ2n) is 20.4. The summed E-state index contributed by atoms with van der Waals surface area (Å²) in [4.78, 5) is 63.1. The molecular weight excluding hydrogens is 1040 g/mol. The van der Waals surface area contributed by atoms with E-state index in [1.54, 1.807) is 10.2 Å². The lowest BCUT2D eigenvalue weighted by Gasteiger charge is -2.61. The summed E-state index contributed by atoms with van der Waals surface area (Å²) in [5.74, 6) is -10.00. The van der Waals surface area contributed by atoms with Crippen molar-refractivity contribution < 1.29 is 78.0 Å². The van der Waals surface area contributed by atoms with E-state index in [4.69, 9.17) is 14.9 Å². The fraction of sp³-hybridized carbons (Fsp3) is 0.520. The molecule has 77 heavy (non-hydrogen) atoms. The molecule has 4 fully saturated rings. The van der Waals surface area contributed by atoms with Crippen LogP contribution in [0.5, 0.6) is 0 Å². The van der Waals surface area contributed by atoms with Gasteiger partial charge in [0.05, 0.1) is 67.7 Å². The molecule has 0 aliphatic carbocycles. The Balaban J connectivity index is 1.35. The minimum Gasteiger partial charge on any atom is -0.453 e. The lowest BCUT2D eigenvalue weighted by Crippen LogP contribution is -2.74. The molecule has 6 atom stereocenters. The highest BCUT2D eigenvalue weighted by molar-refractivity contribution is 6.06. The highest BCUT2D eigenvalue weighted by atomic mass is 19.4. The molecule has 3 aromatic rings. The monoisotopic (exact) mass is 1100 g/mol. The number of ether oxygens (including phenoxy) is 3. The number of anilines is 1. The lowest BCUT2D eigenvalue weighted by molar-refractivity contribution is -0.220. The van der Waals surface area contributed by atoms with Crippen molar-refractivity contribution in [2.45, 2.75) is 108 Å². The zero-order valence-electron chi connectivity index (χ0n) is 42.5. The molecule has 9 rings (SSSR count). The summed E-state index contributed by atoms with van der Waals surface area (Å²) in [6.45, 7) is -0.240. The maximum atomic E-state index is 18.2. The number of alkyl halides is 7. The van der Waals surface area contributed by atoms with Crippen LogP contribution >= 0.6 is 0 Å². The van der Waals surface area contributed by atoms with Crippen LogP contribution in [0.25, 0.3) is 11.1 Å². The molecule has 0 saturated carbocycles. The van der Waals surface area contributed by atoms with E-state index in [0.717, 1.165) is 40.6 Å².